The van der Waals surface area contributed by atoms with E-state index in [1.54, 1.807) is 0 Å². The zero-order chi connectivity index (χ0) is 14.0. The molecule has 1 amide bonds. The smallest absolute Gasteiger partial charge is 0.227 e. The first kappa shape index (κ1) is 13.2. The van der Waals surface area contributed by atoms with Gasteiger partial charge in [-0.15, -0.1) is 0 Å². The molecule has 0 aromatic heterocycles. The fourth-order valence-electron chi connectivity index (χ4n) is 2.01. The van der Waals surface area contributed by atoms with Crippen LogP contribution in [0, 0.1) is 23.4 Å². The SMILES string of the molecule is [N-]=[N+]=NCC1CC(=O)N(c2cc(F)c(F)cc2F)C1. The van der Waals surface area contributed by atoms with Gasteiger partial charge in [-0.2, -0.15) is 0 Å². The van der Waals surface area contributed by atoms with Gasteiger partial charge in [0.2, 0.25) is 5.91 Å². The molecule has 1 heterocycles. The topological polar surface area (TPSA) is 69.1 Å². The molecule has 1 aromatic rings. The van der Waals surface area contributed by atoms with E-state index in [-0.39, 0.29) is 31.1 Å². The zero-order valence-corrected chi connectivity index (χ0v) is 9.68. The molecule has 1 fully saturated rings. The van der Waals surface area contributed by atoms with Crippen LogP contribution in [0.25, 0.3) is 10.4 Å². The molecule has 0 aliphatic carbocycles. The predicted octanol–water partition coefficient (Wildman–Crippen LogP) is 2.77. The number of nitrogens with zero attached hydrogens (tertiary/aromatic N) is 4. The second-order valence-electron chi connectivity index (χ2n) is 4.21. The van der Waals surface area contributed by atoms with Crippen molar-refractivity contribution in [3.05, 3.63) is 40.0 Å². The third kappa shape index (κ3) is 2.63. The summed E-state index contributed by atoms with van der Waals surface area (Å²) in [4.78, 5) is 15.3. The highest BCUT2D eigenvalue weighted by atomic mass is 19.2. The van der Waals surface area contributed by atoms with Crippen molar-refractivity contribution in [3.8, 4) is 0 Å². The van der Waals surface area contributed by atoms with Crippen molar-refractivity contribution < 1.29 is 18.0 Å². The van der Waals surface area contributed by atoms with Crippen LogP contribution in [-0.2, 0) is 4.79 Å². The van der Waals surface area contributed by atoms with Gasteiger partial charge in [-0.3, -0.25) is 4.79 Å². The number of carbonyl (C=O) groups is 1. The summed E-state index contributed by atoms with van der Waals surface area (Å²) in [5, 5.41) is 3.34. The van der Waals surface area contributed by atoms with E-state index in [1.807, 2.05) is 0 Å². The van der Waals surface area contributed by atoms with Gasteiger partial charge in [-0.1, -0.05) is 5.11 Å². The molecular formula is C11H9F3N4O. The molecule has 1 aromatic carbocycles. The van der Waals surface area contributed by atoms with Gasteiger partial charge in [-0.25, -0.2) is 13.2 Å². The lowest BCUT2D eigenvalue weighted by Gasteiger charge is -2.17. The Kier molecular flexibility index (Phi) is 3.62. The second kappa shape index (κ2) is 5.19. The van der Waals surface area contributed by atoms with Gasteiger partial charge in [0.1, 0.15) is 5.82 Å². The fraction of sp³-hybridized carbons (Fsp3) is 0.364. The van der Waals surface area contributed by atoms with Crippen LogP contribution in [0.1, 0.15) is 6.42 Å². The van der Waals surface area contributed by atoms with Crippen LogP contribution in [0.4, 0.5) is 18.9 Å². The molecule has 1 aliphatic rings. The Bertz CT molecular complexity index is 571. The number of amides is 1. The number of benzene rings is 1. The van der Waals surface area contributed by atoms with Gasteiger partial charge in [0.25, 0.3) is 0 Å². The van der Waals surface area contributed by atoms with Gasteiger partial charge in [0.05, 0.1) is 5.69 Å². The Balaban J connectivity index is 2.25. The minimum absolute atomic E-state index is 0.0808. The van der Waals surface area contributed by atoms with Crippen molar-refractivity contribution in [2.24, 2.45) is 11.0 Å². The van der Waals surface area contributed by atoms with E-state index in [1.165, 1.54) is 0 Å². The van der Waals surface area contributed by atoms with E-state index in [0.717, 1.165) is 4.90 Å². The monoisotopic (exact) mass is 270 g/mol. The third-order valence-corrected chi connectivity index (χ3v) is 2.89. The van der Waals surface area contributed by atoms with Crippen LogP contribution in [0.15, 0.2) is 17.2 Å². The second-order valence-corrected chi connectivity index (χ2v) is 4.21. The molecule has 1 atom stereocenters. The predicted molar refractivity (Wildman–Crippen MR) is 60.8 cm³/mol. The maximum absolute atomic E-state index is 13.6. The Morgan fingerprint density at radius 2 is 2.00 bits per heavy atom. The van der Waals surface area contributed by atoms with Gasteiger partial charge in [0.15, 0.2) is 11.6 Å². The number of anilines is 1. The van der Waals surface area contributed by atoms with Gasteiger partial charge < -0.3 is 4.90 Å². The number of hydrogen-bond donors (Lipinski definition) is 0. The number of azide groups is 1. The summed E-state index contributed by atoms with van der Waals surface area (Å²) >= 11 is 0. The summed E-state index contributed by atoms with van der Waals surface area (Å²) in [6.07, 6.45) is 0.0808. The summed E-state index contributed by atoms with van der Waals surface area (Å²) < 4.78 is 39.5. The zero-order valence-electron chi connectivity index (χ0n) is 9.68. The van der Waals surface area contributed by atoms with Crippen molar-refractivity contribution in [1.82, 2.24) is 0 Å². The molecule has 0 radical (unpaired) electrons. The molecule has 0 N–H and O–H groups in total. The van der Waals surface area contributed by atoms with Crippen molar-refractivity contribution in [3.63, 3.8) is 0 Å². The third-order valence-electron chi connectivity index (χ3n) is 2.89. The van der Waals surface area contributed by atoms with Gasteiger partial charge >= 0.3 is 0 Å². The number of hydrogen-bond acceptors (Lipinski definition) is 2. The highest BCUT2D eigenvalue weighted by Gasteiger charge is 2.32. The van der Waals surface area contributed by atoms with Crippen molar-refractivity contribution >= 4 is 11.6 Å². The summed E-state index contributed by atoms with van der Waals surface area (Å²) in [6, 6.07) is 1.05. The largest absolute Gasteiger partial charge is 0.309 e. The van der Waals surface area contributed by atoms with E-state index in [2.05, 4.69) is 10.0 Å². The van der Waals surface area contributed by atoms with Crippen molar-refractivity contribution in [2.75, 3.05) is 18.0 Å². The van der Waals surface area contributed by atoms with Crippen LogP contribution in [-0.4, -0.2) is 19.0 Å². The molecule has 5 nitrogen and oxygen atoms in total. The van der Waals surface area contributed by atoms with Crippen LogP contribution in [0.5, 0.6) is 0 Å². The molecule has 1 saturated heterocycles. The number of halogens is 3. The van der Waals surface area contributed by atoms with Crippen molar-refractivity contribution in [2.45, 2.75) is 6.42 Å². The first-order valence-electron chi connectivity index (χ1n) is 5.48. The number of rotatable bonds is 3. The van der Waals surface area contributed by atoms with Gasteiger partial charge in [-0.05, 0) is 11.4 Å². The molecule has 0 spiro atoms. The molecule has 0 bridgehead atoms. The van der Waals surface area contributed by atoms with E-state index in [9.17, 15) is 18.0 Å². The van der Waals surface area contributed by atoms with Crippen LogP contribution in [0.3, 0.4) is 0 Å². The molecule has 2 rings (SSSR count). The molecule has 1 aliphatic heterocycles. The highest BCUT2D eigenvalue weighted by Crippen LogP contribution is 2.29. The maximum Gasteiger partial charge on any atom is 0.227 e. The summed E-state index contributed by atoms with van der Waals surface area (Å²) in [5.74, 6) is -4.20. The molecule has 0 saturated carbocycles. The quantitative estimate of drug-likeness (QED) is 0.360. The Morgan fingerprint density at radius 1 is 1.32 bits per heavy atom. The van der Waals surface area contributed by atoms with E-state index < -0.39 is 23.4 Å². The first-order valence-corrected chi connectivity index (χ1v) is 5.48. The molecule has 19 heavy (non-hydrogen) atoms. The number of carbonyl (C=O) groups excluding carboxylic acids is 1. The van der Waals surface area contributed by atoms with Crippen LogP contribution in [0.2, 0.25) is 0 Å². The van der Waals surface area contributed by atoms with Crippen molar-refractivity contribution in [1.29, 1.82) is 0 Å². The van der Waals surface area contributed by atoms with E-state index in [0.29, 0.717) is 12.1 Å². The molecule has 100 valence electrons. The van der Waals surface area contributed by atoms with E-state index >= 15 is 0 Å². The Morgan fingerprint density at radius 3 is 2.68 bits per heavy atom. The minimum Gasteiger partial charge on any atom is -0.309 e. The lowest BCUT2D eigenvalue weighted by molar-refractivity contribution is -0.117. The summed E-state index contributed by atoms with van der Waals surface area (Å²) in [5.41, 5.74) is 7.90. The molecule has 8 heteroatoms. The summed E-state index contributed by atoms with van der Waals surface area (Å²) in [7, 11) is 0. The average Bonchev–Trinajstić information content (AvgIpc) is 2.72. The summed E-state index contributed by atoms with van der Waals surface area (Å²) in [6.45, 7) is 0.212. The van der Waals surface area contributed by atoms with Crippen LogP contribution < -0.4 is 4.90 Å². The fourth-order valence-corrected chi connectivity index (χ4v) is 2.01. The maximum atomic E-state index is 13.6. The lowest BCUT2D eigenvalue weighted by atomic mass is 10.1. The van der Waals surface area contributed by atoms with Crippen LogP contribution >= 0.6 is 0 Å². The standard InChI is InChI=1S/C11H9F3N4O/c12-7-2-9(14)10(3-8(7)13)18-5-6(1-11(18)19)4-16-17-15/h2-3,6H,1,4-5H2. The normalized spacial score (nSPS) is 18.6. The lowest BCUT2D eigenvalue weighted by Crippen LogP contribution is -2.26. The Labute approximate surface area is 106 Å². The highest BCUT2D eigenvalue weighted by molar-refractivity contribution is 5.95. The van der Waals surface area contributed by atoms with E-state index in [4.69, 9.17) is 5.53 Å². The first-order chi connectivity index (χ1) is 9.02. The Hall–Kier alpha value is -2.21. The molecular weight excluding hydrogens is 261 g/mol. The van der Waals surface area contributed by atoms with Gasteiger partial charge in [0, 0.05) is 36.6 Å². The average molecular weight is 270 g/mol. The minimum atomic E-state index is -1.31. The molecule has 1 unspecified atom stereocenters.